The number of hydrogen-bond acceptors (Lipinski definition) is 2. The van der Waals surface area contributed by atoms with Gasteiger partial charge in [-0.2, -0.15) is 0 Å². The van der Waals surface area contributed by atoms with Crippen LogP contribution in [-0.4, -0.2) is 9.97 Å². The maximum Gasteiger partial charge on any atom is 0.130 e. The molecule has 0 radical (unpaired) electrons. The summed E-state index contributed by atoms with van der Waals surface area (Å²) in [5.41, 5.74) is 2.38. The predicted molar refractivity (Wildman–Crippen MR) is 80.4 cm³/mol. The zero-order valence-corrected chi connectivity index (χ0v) is 12.6. The van der Waals surface area contributed by atoms with Gasteiger partial charge in [0, 0.05) is 16.6 Å². The molecule has 0 saturated carbocycles. The Hall–Kier alpha value is -1.000. The second kappa shape index (κ2) is 6.25. The number of hydrogen-bond donors (Lipinski definition) is 1. The van der Waals surface area contributed by atoms with Gasteiger partial charge in [0.05, 0.1) is 0 Å². The van der Waals surface area contributed by atoms with Crippen molar-refractivity contribution in [3.05, 3.63) is 56.5 Å². The summed E-state index contributed by atoms with van der Waals surface area (Å²) in [6.45, 7) is 2.16. The summed E-state index contributed by atoms with van der Waals surface area (Å²) >= 11 is 8.76. The molecule has 0 amide bonds. The molecule has 1 aromatic carbocycles. The van der Waals surface area contributed by atoms with Crippen LogP contribution >= 0.6 is 28.1 Å². The molecule has 2 nitrogen and oxygen atoms in total. The molecular weight excluding hydrogens is 308 g/mol. The van der Waals surface area contributed by atoms with Gasteiger partial charge in [-0.1, -0.05) is 59.7 Å². The van der Waals surface area contributed by atoms with Crippen LogP contribution in [0.4, 0.5) is 0 Å². The van der Waals surface area contributed by atoms with Gasteiger partial charge in [0.25, 0.3) is 0 Å². The lowest BCUT2D eigenvalue weighted by Crippen LogP contribution is -2.01. The van der Waals surface area contributed by atoms with E-state index in [1.165, 1.54) is 11.3 Å². The number of nitrogens with zero attached hydrogens (tertiary/aromatic N) is 1. The number of aromatic nitrogens is 2. The van der Waals surface area contributed by atoms with Crippen molar-refractivity contribution in [2.75, 3.05) is 0 Å². The van der Waals surface area contributed by atoms with Crippen LogP contribution in [-0.2, 0) is 12.8 Å². The van der Waals surface area contributed by atoms with E-state index in [-0.39, 0.29) is 0 Å². The van der Waals surface area contributed by atoms with Crippen LogP contribution in [0.1, 0.15) is 30.4 Å². The van der Waals surface area contributed by atoms with E-state index in [1.54, 1.807) is 0 Å². The molecule has 0 aliphatic heterocycles. The second-order valence-corrected chi connectivity index (χ2v) is 5.48. The molecule has 0 aliphatic rings. The minimum absolute atomic E-state index is 0.666. The van der Waals surface area contributed by atoms with E-state index in [2.05, 4.69) is 38.9 Å². The lowest BCUT2D eigenvalue weighted by molar-refractivity contribution is 0.837. The molecule has 18 heavy (non-hydrogen) atoms. The van der Waals surface area contributed by atoms with Crippen LogP contribution < -0.4 is 0 Å². The number of aromatic amines is 1. The molecule has 1 N–H and O–H groups in total. The molecule has 0 unspecified atom stereocenters. The molecular formula is C14H15BrN2S. The van der Waals surface area contributed by atoms with Gasteiger partial charge < -0.3 is 4.98 Å². The summed E-state index contributed by atoms with van der Waals surface area (Å²) in [4.78, 5) is 7.75. The van der Waals surface area contributed by atoms with Crippen LogP contribution in [0.2, 0.25) is 0 Å². The Morgan fingerprint density at radius 3 is 2.83 bits per heavy atom. The summed E-state index contributed by atoms with van der Waals surface area (Å²) in [5.74, 6) is 0.929. The van der Waals surface area contributed by atoms with Crippen LogP contribution in [0.3, 0.4) is 0 Å². The first-order valence-corrected chi connectivity index (χ1v) is 7.21. The molecule has 2 rings (SSSR count). The van der Waals surface area contributed by atoms with Gasteiger partial charge in [-0.05, 0) is 24.1 Å². The second-order valence-electron chi connectivity index (χ2n) is 4.21. The largest absolute Gasteiger partial charge is 0.347 e. The van der Waals surface area contributed by atoms with Crippen molar-refractivity contribution in [3.63, 3.8) is 0 Å². The average Bonchev–Trinajstić information content (AvgIpc) is 2.32. The summed E-state index contributed by atoms with van der Waals surface area (Å²) in [7, 11) is 0. The van der Waals surface area contributed by atoms with Gasteiger partial charge in [0.1, 0.15) is 10.5 Å². The van der Waals surface area contributed by atoms with Crippen molar-refractivity contribution in [1.82, 2.24) is 9.97 Å². The Labute approximate surface area is 121 Å². The molecule has 2 aromatic rings. The Balaban J connectivity index is 2.29. The summed E-state index contributed by atoms with van der Waals surface area (Å²) in [6, 6.07) is 10.1. The van der Waals surface area contributed by atoms with Crippen molar-refractivity contribution in [3.8, 4) is 0 Å². The predicted octanol–water partition coefficient (Wildman–Crippen LogP) is 4.44. The fraction of sp³-hybridized carbons (Fsp3) is 0.286. The van der Waals surface area contributed by atoms with E-state index in [9.17, 15) is 0 Å². The topological polar surface area (TPSA) is 28.7 Å². The monoisotopic (exact) mass is 322 g/mol. The smallest absolute Gasteiger partial charge is 0.130 e. The SMILES string of the molecule is CCCc1cc(=S)nc(Cc2ccccc2Br)[nH]1. The zero-order chi connectivity index (χ0) is 13.0. The van der Waals surface area contributed by atoms with Crippen molar-refractivity contribution < 1.29 is 0 Å². The van der Waals surface area contributed by atoms with Gasteiger partial charge in [0.2, 0.25) is 0 Å². The normalized spacial score (nSPS) is 10.6. The fourth-order valence-corrected chi connectivity index (χ4v) is 2.55. The molecule has 0 saturated heterocycles. The molecule has 0 atom stereocenters. The fourth-order valence-electron chi connectivity index (χ4n) is 1.87. The number of aryl methyl sites for hydroxylation is 1. The highest BCUT2D eigenvalue weighted by molar-refractivity contribution is 9.10. The van der Waals surface area contributed by atoms with E-state index in [0.717, 1.165) is 29.6 Å². The van der Waals surface area contributed by atoms with E-state index < -0.39 is 0 Å². The Kier molecular flexibility index (Phi) is 4.66. The lowest BCUT2D eigenvalue weighted by atomic mass is 10.1. The minimum Gasteiger partial charge on any atom is -0.347 e. The van der Waals surface area contributed by atoms with Crippen LogP contribution in [0.25, 0.3) is 0 Å². The van der Waals surface area contributed by atoms with Crippen molar-refractivity contribution in [2.45, 2.75) is 26.2 Å². The van der Waals surface area contributed by atoms with Gasteiger partial charge in [-0.3, -0.25) is 0 Å². The number of benzene rings is 1. The molecule has 4 heteroatoms. The van der Waals surface area contributed by atoms with Crippen molar-refractivity contribution in [1.29, 1.82) is 0 Å². The third-order valence-corrected chi connectivity index (χ3v) is 3.67. The molecule has 94 valence electrons. The first-order valence-electron chi connectivity index (χ1n) is 6.01. The van der Waals surface area contributed by atoms with E-state index in [1.807, 2.05) is 24.3 Å². The van der Waals surface area contributed by atoms with Gasteiger partial charge in [-0.15, -0.1) is 0 Å². The average molecular weight is 323 g/mol. The minimum atomic E-state index is 0.666. The Bertz CT molecular complexity index is 592. The maximum absolute atomic E-state index is 5.21. The van der Waals surface area contributed by atoms with Crippen molar-refractivity contribution >= 4 is 28.1 Å². The molecule has 0 fully saturated rings. The molecule has 0 bridgehead atoms. The van der Waals surface area contributed by atoms with Crippen molar-refractivity contribution in [2.24, 2.45) is 0 Å². The molecule has 1 aromatic heterocycles. The van der Waals surface area contributed by atoms with Crippen LogP contribution in [0.5, 0.6) is 0 Å². The van der Waals surface area contributed by atoms with Crippen LogP contribution in [0, 0.1) is 4.64 Å². The highest BCUT2D eigenvalue weighted by Crippen LogP contribution is 2.18. The third-order valence-electron chi connectivity index (χ3n) is 2.68. The number of halogens is 1. The quantitative estimate of drug-likeness (QED) is 0.843. The zero-order valence-electron chi connectivity index (χ0n) is 10.2. The maximum atomic E-state index is 5.21. The Morgan fingerprint density at radius 1 is 1.33 bits per heavy atom. The first-order chi connectivity index (χ1) is 8.69. The van der Waals surface area contributed by atoms with Gasteiger partial charge in [0.15, 0.2) is 0 Å². The van der Waals surface area contributed by atoms with E-state index in [4.69, 9.17) is 12.2 Å². The summed E-state index contributed by atoms with van der Waals surface area (Å²) < 4.78 is 1.77. The Morgan fingerprint density at radius 2 is 2.11 bits per heavy atom. The van der Waals surface area contributed by atoms with E-state index in [0.29, 0.717) is 4.64 Å². The first kappa shape index (κ1) is 13.4. The number of H-pyrrole nitrogens is 1. The number of nitrogens with one attached hydrogen (secondary N) is 1. The lowest BCUT2D eigenvalue weighted by Gasteiger charge is -2.06. The molecule has 0 spiro atoms. The standard InChI is InChI=1S/C14H15BrN2S/c1-2-5-11-9-14(18)17-13(16-11)8-10-6-3-4-7-12(10)15/h3-4,6-7,9H,2,5,8H2,1H3,(H,16,17,18). The van der Waals surface area contributed by atoms with Crippen LogP contribution in [0.15, 0.2) is 34.8 Å². The summed E-state index contributed by atoms with van der Waals surface area (Å²) in [5, 5.41) is 0. The highest BCUT2D eigenvalue weighted by Gasteiger charge is 2.03. The van der Waals surface area contributed by atoms with E-state index >= 15 is 0 Å². The summed E-state index contributed by atoms with van der Waals surface area (Å²) in [6.07, 6.45) is 2.88. The number of rotatable bonds is 4. The van der Waals surface area contributed by atoms with Gasteiger partial charge >= 0.3 is 0 Å². The molecule has 0 aliphatic carbocycles. The molecule has 1 heterocycles. The third kappa shape index (κ3) is 3.50. The van der Waals surface area contributed by atoms with Gasteiger partial charge in [-0.25, -0.2) is 4.98 Å². The highest BCUT2D eigenvalue weighted by atomic mass is 79.9.